The minimum Gasteiger partial charge on any atom is -0.481 e. The Morgan fingerprint density at radius 1 is 1.11 bits per heavy atom. The van der Waals surface area contributed by atoms with Crippen LogP contribution in [0, 0.1) is 5.41 Å². The molecule has 112 valence electrons. The van der Waals surface area contributed by atoms with E-state index < -0.39 is 11.4 Å². The highest BCUT2D eigenvalue weighted by Gasteiger charge is 2.34. The molecule has 0 fully saturated rings. The maximum Gasteiger partial charge on any atom is 0.311 e. The van der Waals surface area contributed by atoms with E-state index in [2.05, 4.69) is 10.6 Å². The summed E-state index contributed by atoms with van der Waals surface area (Å²) in [5.74, 6) is -0.949. The lowest BCUT2D eigenvalue weighted by Crippen LogP contribution is -2.43. The first-order chi connectivity index (χ1) is 8.67. The van der Waals surface area contributed by atoms with Crippen LogP contribution in [0.1, 0.15) is 53.9 Å². The summed E-state index contributed by atoms with van der Waals surface area (Å²) >= 11 is 0. The third kappa shape index (κ3) is 6.57. The molecule has 1 amide bonds. The molecule has 0 bridgehead atoms. The standard InChI is InChI=1S/C14H28N2O3/c1-6-14(7-2,12(18)19)10-15-11(17)8-9-16-13(3,4)5/h16H,6-10H2,1-5H3,(H,15,17)(H,18,19). The Bertz CT molecular complexity index is 304. The quantitative estimate of drug-likeness (QED) is 0.629. The Labute approximate surface area is 116 Å². The molecular formula is C14H28N2O3. The Hall–Kier alpha value is -1.10. The zero-order valence-electron chi connectivity index (χ0n) is 12.8. The van der Waals surface area contributed by atoms with Gasteiger partial charge in [0.05, 0.1) is 5.41 Å². The highest BCUT2D eigenvalue weighted by Crippen LogP contribution is 2.25. The van der Waals surface area contributed by atoms with Gasteiger partial charge in [0.25, 0.3) is 0 Å². The van der Waals surface area contributed by atoms with Gasteiger partial charge in [-0.25, -0.2) is 0 Å². The molecule has 0 saturated carbocycles. The summed E-state index contributed by atoms with van der Waals surface area (Å²) in [5.41, 5.74) is -0.856. The fourth-order valence-corrected chi connectivity index (χ4v) is 1.79. The third-order valence-corrected chi connectivity index (χ3v) is 3.44. The normalized spacial score (nSPS) is 12.3. The van der Waals surface area contributed by atoms with Crippen LogP contribution in [0.5, 0.6) is 0 Å². The van der Waals surface area contributed by atoms with E-state index in [9.17, 15) is 14.7 Å². The van der Waals surface area contributed by atoms with Crippen molar-refractivity contribution in [2.75, 3.05) is 13.1 Å². The van der Waals surface area contributed by atoms with Gasteiger partial charge in [-0.15, -0.1) is 0 Å². The lowest BCUT2D eigenvalue weighted by molar-refractivity contribution is -0.149. The maximum absolute atomic E-state index is 11.7. The monoisotopic (exact) mass is 272 g/mol. The van der Waals surface area contributed by atoms with Gasteiger partial charge in [-0.2, -0.15) is 0 Å². The lowest BCUT2D eigenvalue weighted by Gasteiger charge is -2.27. The van der Waals surface area contributed by atoms with Crippen LogP contribution in [0.25, 0.3) is 0 Å². The highest BCUT2D eigenvalue weighted by molar-refractivity contribution is 5.79. The van der Waals surface area contributed by atoms with E-state index in [4.69, 9.17) is 0 Å². The zero-order valence-corrected chi connectivity index (χ0v) is 12.8. The molecule has 0 radical (unpaired) electrons. The van der Waals surface area contributed by atoms with Crippen LogP contribution in [-0.4, -0.2) is 35.6 Å². The molecule has 0 aliphatic rings. The first kappa shape index (κ1) is 17.9. The third-order valence-electron chi connectivity index (χ3n) is 3.44. The number of rotatable bonds is 8. The molecule has 0 rings (SSSR count). The van der Waals surface area contributed by atoms with E-state index in [1.54, 1.807) is 0 Å². The fourth-order valence-electron chi connectivity index (χ4n) is 1.79. The van der Waals surface area contributed by atoms with Gasteiger partial charge in [-0.05, 0) is 33.6 Å². The summed E-state index contributed by atoms with van der Waals surface area (Å²) in [4.78, 5) is 23.0. The second kappa shape index (κ2) is 7.48. The van der Waals surface area contributed by atoms with Crippen LogP contribution in [0.3, 0.4) is 0 Å². The highest BCUT2D eigenvalue weighted by atomic mass is 16.4. The Kier molecular flexibility index (Phi) is 7.05. The molecule has 0 heterocycles. The van der Waals surface area contributed by atoms with Crippen LogP contribution in [0.4, 0.5) is 0 Å². The van der Waals surface area contributed by atoms with Crippen LogP contribution < -0.4 is 10.6 Å². The summed E-state index contributed by atoms with van der Waals surface area (Å²) in [6, 6.07) is 0. The minimum atomic E-state index is -0.842. The Morgan fingerprint density at radius 2 is 1.63 bits per heavy atom. The molecule has 0 aromatic rings. The molecule has 0 aliphatic heterocycles. The smallest absolute Gasteiger partial charge is 0.311 e. The van der Waals surface area contributed by atoms with Gasteiger partial charge >= 0.3 is 5.97 Å². The first-order valence-corrected chi connectivity index (χ1v) is 6.92. The van der Waals surface area contributed by atoms with E-state index in [1.807, 2.05) is 34.6 Å². The van der Waals surface area contributed by atoms with Crippen molar-refractivity contribution in [3.63, 3.8) is 0 Å². The van der Waals surface area contributed by atoms with E-state index in [0.717, 1.165) is 0 Å². The summed E-state index contributed by atoms with van der Waals surface area (Å²) in [6.45, 7) is 10.6. The van der Waals surface area contributed by atoms with Gasteiger partial charge in [-0.3, -0.25) is 9.59 Å². The van der Waals surface area contributed by atoms with Crippen molar-refractivity contribution in [3.05, 3.63) is 0 Å². The number of hydrogen-bond acceptors (Lipinski definition) is 3. The summed E-state index contributed by atoms with van der Waals surface area (Å²) in [5, 5.41) is 15.2. The minimum absolute atomic E-state index is 0.0159. The molecular weight excluding hydrogens is 244 g/mol. The van der Waals surface area contributed by atoms with Gasteiger partial charge < -0.3 is 15.7 Å². The van der Waals surface area contributed by atoms with E-state index in [-0.39, 0.29) is 18.0 Å². The zero-order chi connectivity index (χ0) is 15.1. The number of nitrogens with one attached hydrogen (secondary N) is 2. The first-order valence-electron chi connectivity index (χ1n) is 6.92. The van der Waals surface area contributed by atoms with Crippen molar-refractivity contribution < 1.29 is 14.7 Å². The molecule has 0 spiro atoms. The van der Waals surface area contributed by atoms with Crippen molar-refractivity contribution in [1.29, 1.82) is 0 Å². The van der Waals surface area contributed by atoms with Crippen molar-refractivity contribution in [2.24, 2.45) is 5.41 Å². The number of aliphatic carboxylic acids is 1. The molecule has 3 N–H and O–H groups in total. The van der Waals surface area contributed by atoms with Crippen molar-refractivity contribution in [3.8, 4) is 0 Å². The van der Waals surface area contributed by atoms with Crippen LogP contribution in [0.2, 0.25) is 0 Å². The molecule has 0 unspecified atom stereocenters. The van der Waals surface area contributed by atoms with Gasteiger partial charge in [-0.1, -0.05) is 13.8 Å². The number of amides is 1. The lowest BCUT2D eigenvalue weighted by atomic mass is 9.82. The largest absolute Gasteiger partial charge is 0.481 e. The Balaban J connectivity index is 4.17. The molecule has 19 heavy (non-hydrogen) atoms. The van der Waals surface area contributed by atoms with Gasteiger partial charge in [0.2, 0.25) is 5.91 Å². The van der Waals surface area contributed by atoms with E-state index >= 15 is 0 Å². The number of carboxylic acids is 1. The van der Waals surface area contributed by atoms with Gasteiger partial charge in [0.1, 0.15) is 0 Å². The molecule has 0 aliphatic carbocycles. The number of carbonyl (C=O) groups excluding carboxylic acids is 1. The predicted octanol–water partition coefficient (Wildman–Crippen LogP) is 1.77. The summed E-state index contributed by atoms with van der Waals surface area (Å²) < 4.78 is 0. The summed E-state index contributed by atoms with van der Waals surface area (Å²) in [6.07, 6.45) is 1.39. The molecule has 0 atom stereocenters. The predicted molar refractivity (Wildman–Crippen MR) is 76.0 cm³/mol. The van der Waals surface area contributed by atoms with Crippen LogP contribution >= 0.6 is 0 Å². The maximum atomic E-state index is 11.7. The molecule has 0 aromatic carbocycles. The average Bonchev–Trinajstić information content (AvgIpc) is 2.29. The molecule has 5 heteroatoms. The summed E-state index contributed by atoms with van der Waals surface area (Å²) in [7, 11) is 0. The SMILES string of the molecule is CCC(CC)(CNC(=O)CCNC(C)(C)C)C(=O)O. The molecule has 0 aromatic heterocycles. The van der Waals surface area contributed by atoms with Gasteiger partial charge in [0.15, 0.2) is 0 Å². The fraction of sp³-hybridized carbons (Fsp3) is 0.857. The van der Waals surface area contributed by atoms with Crippen molar-refractivity contribution in [2.45, 2.75) is 59.4 Å². The topological polar surface area (TPSA) is 78.4 Å². The second-order valence-electron chi connectivity index (χ2n) is 6.00. The van der Waals surface area contributed by atoms with Crippen LogP contribution in [0.15, 0.2) is 0 Å². The number of carbonyl (C=O) groups is 2. The average molecular weight is 272 g/mol. The Morgan fingerprint density at radius 3 is 2.00 bits per heavy atom. The molecule has 0 saturated heterocycles. The van der Waals surface area contributed by atoms with Crippen molar-refractivity contribution >= 4 is 11.9 Å². The van der Waals surface area contributed by atoms with Crippen LogP contribution in [-0.2, 0) is 9.59 Å². The van der Waals surface area contributed by atoms with Crippen molar-refractivity contribution in [1.82, 2.24) is 10.6 Å². The number of hydrogen-bond donors (Lipinski definition) is 3. The van der Waals surface area contributed by atoms with Gasteiger partial charge in [0, 0.05) is 25.0 Å². The second-order valence-corrected chi connectivity index (χ2v) is 6.00. The number of carboxylic acid groups (broad SMARTS) is 1. The van der Waals surface area contributed by atoms with E-state index in [0.29, 0.717) is 25.8 Å². The molecule has 5 nitrogen and oxygen atoms in total. The van der Waals surface area contributed by atoms with E-state index in [1.165, 1.54) is 0 Å².